The molecule has 0 fully saturated rings. The van der Waals surface area contributed by atoms with Crippen LogP contribution in [0.1, 0.15) is 425 Å². The summed E-state index contributed by atoms with van der Waals surface area (Å²) in [6, 6.07) is -0.629. The van der Waals surface area contributed by atoms with Crippen LogP contribution in [0.15, 0.2) is 48.6 Å². The van der Waals surface area contributed by atoms with Crippen LogP contribution in [-0.4, -0.2) is 47.4 Å². The van der Waals surface area contributed by atoms with E-state index in [9.17, 15) is 19.8 Å². The fourth-order valence-electron chi connectivity index (χ4n) is 12.1. The number of hydrogen-bond donors (Lipinski definition) is 3. The summed E-state index contributed by atoms with van der Waals surface area (Å²) >= 11 is 0. The lowest BCUT2D eigenvalue weighted by Crippen LogP contribution is -2.45. The van der Waals surface area contributed by atoms with Crippen LogP contribution in [0, 0.1) is 0 Å². The Labute approximate surface area is 537 Å². The van der Waals surface area contributed by atoms with Gasteiger partial charge in [-0.15, -0.1) is 0 Å². The Hall–Kier alpha value is -2.18. The molecule has 6 nitrogen and oxygen atoms in total. The van der Waals surface area contributed by atoms with E-state index in [1.807, 2.05) is 6.08 Å². The van der Waals surface area contributed by atoms with Crippen LogP contribution in [0.3, 0.4) is 0 Å². The molecule has 2 unspecified atom stereocenters. The molecule has 0 aliphatic heterocycles. The second-order valence-electron chi connectivity index (χ2n) is 26.7. The number of carbonyl (C=O) groups excluding carboxylic acids is 2. The first-order valence-corrected chi connectivity index (χ1v) is 38.9. The molecule has 0 heterocycles. The molecule has 0 radical (unpaired) electrons. The van der Waals surface area contributed by atoms with Crippen LogP contribution in [0.25, 0.3) is 0 Å². The maximum absolute atomic E-state index is 12.6. The Morgan fingerprint density at radius 3 is 0.942 bits per heavy atom. The van der Waals surface area contributed by atoms with Crippen molar-refractivity contribution in [3.05, 3.63) is 48.6 Å². The molecule has 86 heavy (non-hydrogen) atoms. The summed E-state index contributed by atoms with van der Waals surface area (Å²) in [6.07, 6.45) is 99.4. The van der Waals surface area contributed by atoms with E-state index >= 15 is 0 Å². The van der Waals surface area contributed by atoms with Gasteiger partial charge in [-0.1, -0.05) is 377 Å². The third kappa shape index (κ3) is 70.9. The van der Waals surface area contributed by atoms with Crippen molar-refractivity contribution < 1.29 is 24.5 Å². The van der Waals surface area contributed by atoms with E-state index in [4.69, 9.17) is 4.74 Å². The molecule has 6 heteroatoms. The molecule has 0 bridgehead atoms. The van der Waals surface area contributed by atoms with Crippen LogP contribution >= 0.6 is 0 Å². The van der Waals surface area contributed by atoms with E-state index in [2.05, 4.69) is 55.6 Å². The smallest absolute Gasteiger partial charge is 0.305 e. The number of aliphatic hydroxyl groups excluding tert-OH is 2. The van der Waals surface area contributed by atoms with Crippen molar-refractivity contribution >= 4 is 11.9 Å². The minimum Gasteiger partial charge on any atom is -0.466 e. The van der Waals surface area contributed by atoms with Crippen LogP contribution in [0.4, 0.5) is 0 Å². The van der Waals surface area contributed by atoms with E-state index in [1.165, 1.54) is 347 Å². The molecule has 2 atom stereocenters. The second-order valence-corrected chi connectivity index (χ2v) is 26.7. The minimum absolute atomic E-state index is 0.00232. The summed E-state index contributed by atoms with van der Waals surface area (Å²) < 4.78 is 5.48. The van der Waals surface area contributed by atoms with Crippen LogP contribution < -0.4 is 5.32 Å². The van der Waals surface area contributed by atoms with Crippen molar-refractivity contribution in [1.82, 2.24) is 5.32 Å². The molecule has 506 valence electrons. The Bertz CT molecular complexity index is 1440. The number of aliphatic hydroxyl groups is 2. The normalized spacial score (nSPS) is 12.7. The van der Waals surface area contributed by atoms with Gasteiger partial charge in [-0.3, -0.25) is 9.59 Å². The van der Waals surface area contributed by atoms with E-state index < -0.39 is 12.1 Å². The largest absolute Gasteiger partial charge is 0.466 e. The van der Waals surface area contributed by atoms with Crippen molar-refractivity contribution in [2.24, 2.45) is 0 Å². The molecule has 0 aromatic heterocycles. The van der Waals surface area contributed by atoms with Gasteiger partial charge in [-0.05, 0) is 83.5 Å². The number of nitrogens with one attached hydrogen (secondary N) is 1. The highest BCUT2D eigenvalue weighted by Gasteiger charge is 2.18. The minimum atomic E-state index is -0.845. The van der Waals surface area contributed by atoms with Gasteiger partial charge in [0, 0.05) is 12.8 Å². The molecular weight excluding hydrogens is 1050 g/mol. The zero-order chi connectivity index (χ0) is 62.0. The van der Waals surface area contributed by atoms with Gasteiger partial charge in [0.25, 0.3) is 0 Å². The van der Waals surface area contributed by atoms with Crippen molar-refractivity contribution in [2.75, 3.05) is 13.2 Å². The highest BCUT2D eigenvalue weighted by Crippen LogP contribution is 2.19. The first-order chi connectivity index (χ1) is 42.5. The van der Waals surface area contributed by atoms with E-state index in [0.29, 0.717) is 19.4 Å². The lowest BCUT2D eigenvalue weighted by Gasteiger charge is -2.20. The number of carbonyl (C=O) groups is 2. The average Bonchev–Trinajstić information content (AvgIpc) is 3.55. The Morgan fingerprint density at radius 1 is 0.326 bits per heavy atom. The molecule has 1 amide bonds. The standard InChI is InChI=1S/C80H151NO5/c1-3-5-7-9-11-13-15-17-18-19-20-21-22-30-33-36-39-42-45-49-52-56-60-64-68-72-78(83)77(76-82)81-79(84)73-69-65-61-57-53-50-46-43-40-37-34-31-28-26-24-23-25-27-29-32-35-38-41-44-47-51-55-59-63-67-71-75-86-80(85)74-70-66-62-58-54-48-16-14-12-10-8-6-4-2/h8,10,14,16,25,27,68,72,77-78,82-83H,3-7,9,11-13,15,17-24,26,28-67,69-71,73-76H2,1-2H3,(H,81,84)/b10-8-,16-14-,27-25-,72-68+. The highest BCUT2D eigenvalue weighted by molar-refractivity contribution is 5.76. The van der Waals surface area contributed by atoms with Gasteiger partial charge in [0.2, 0.25) is 5.91 Å². The fourth-order valence-corrected chi connectivity index (χ4v) is 12.1. The molecule has 0 spiro atoms. The summed E-state index contributed by atoms with van der Waals surface area (Å²) in [4.78, 5) is 24.6. The number of ether oxygens (including phenoxy) is 1. The van der Waals surface area contributed by atoms with Crippen molar-refractivity contribution in [3.63, 3.8) is 0 Å². The van der Waals surface area contributed by atoms with Gasteiger partial charge < -0.3 is 20.3 Å². The predicted octanol–water partition coefficient (Wildman–Crippen LogP) is 25.6. The van der Waals surface area contributed by atoms with Crippen LogP contribution in [0.2, 0.25) is 0 Å². The second kappa shape index (κ2) is 75.3. The number of unbranched alkanes of at least 4 members (excludes halogenated alkanes) is 56. The number of allylic oxidation sites excluding steroid dienone is 7. The van der Waals surface area contributed by atoms with Gasteiger partial charge in [-0.25, -0.2) is 0 Å². The number of hydrogen-bond acceptors (Lipinski definition) is 5. The average molecular weight is 1210 g/mol. The number of rotatable bonds is 73. The SMILES string of the molecule is CCC/C=C\C/C=C\CCCCCCCC(=O)OCCCCCCCCCCCCCC/C=C\CCCCCCCCCCCCCCCCCC(=O)NC(CO)C(O)/C=C/CCCCCCCCCCCCCCCCCCCCCCCCC. The lowest BCUT2D eigenvalue weighted by molar-refractivity contribution is -0.143. The number of esters is 1. The van der Waals surface area contributed by atoms with Gasteiger partial charge in [-0.2, -0.15) is 0 Å². The molecule has 0 saturated carbocycles. The van der Waals surface area contributed by atoms with E-state index in [1.54, 1.807) is 6.08 Å². The molecule has 0 aliphatic rings. The predicted molar refractivity (Wildman–Crippen MR) is 379 cm³/mol. The first kappa shape index (κ1) is 83.8. The molecule has 0 aliphatic carbocycles. The molecular formula is C80H151NO5. The third-order valence-electron chi connectivity index (χ3n) is 18.0. The zero-order valence-corrected chi connectivity index (χ0v) is 58.1. The van der Waals surface area contributed by atoms with E-state index in [-0.39, 0.29) is 18.5 Å². The zero-order valence-electron chi connectivity index (χ0n) is 58.1. The third-order valence-corrected chi connectivity index (χ3v) is 18.0. The van der Waals surface area contributed by atoms with Crippen molar-refractivity contribution in [1.29, 1.82) is 0 Å². The highest BCUT2D eigenvalue weighted by atomic mass is 16.5. The maximum Gasteiger partial charge on any atom is 0.305 e. The Morgan fingerprint density at radius 2 is 0.605 bits per heavy atom. The molecule has 0 aromatic rings. The molecule has 0 rings (SSSR count). The van der Waals surface area contributed by atoms with Gasteiger partial charge in [0.05, 0.1) is 25.4 Å². The molecule has 3 N–H and O–H groups in total. The van der Waals surface area contributed by atoms with Crippen LogP contribution in [-0.2, 0) is 14.3 Å². The summed E-state index contributed by atoms with van der Waals surface area (Å²) in [5.74, 6) is -0.0591. The van der Waals surface area contributed by atoms with Gasteiger partial charge in [0.15, 0.2) is 0 Å². The topological polar surface area (TPSA) is 95.9 Å². The fraction of sp³-hybridized carbons (Fsp3) is 0.875. The lowest BCUT2D eigenvalue weighted by atomic mass is 10.0. The van der Waals surface area contributed by atoms with Gasteiger partial charge >= 0.3 is 5.97 Å². The maximum atomic E-state index is 12.6. The first-order valence-electron chi connectivity index (χ1n) is 38.9. The summed E-state index contributed by atoms with van der Waals surface area (Å²) in [7, 11) is 0. The molecule has 0 saturated heterocycles. The molecule has 0 aromatic carbocycles. The van der Waals surface area contributed by atoms with Crippen molar-refractivity contribution in [2.45, 2.75) is 437 Å². The summed E-state index contributed by atoms with van der Waals surface area (Å²) in [5.41, 5.74) is 0. The Balaban J connectivity index is 3.40. The van der Waals surface area contributed by atoms with Crippen molar-refractivity contribution in [3.8, 4) is 0 Å². The monoisotopic (exact) mass is 1210 g/mol. The summed E-state index contributed by atoms with van der Waals surface area (Å²) in [6.45, 7) is 4.87. The quantitative estimate of drug-likeness (QED) is 0.0320. The van der Waals surface area contributed by atoms with Crippen LogP contribution in [0.5, 0.6) is 0 Å². The number of amides is 1. The van der Waals surface area contributed by atoms with Gasteiger partial charge in [0.1, 0.15) is 0 Å². The Kier molecular flexibility index (Phi) is 73.4. The summed E-state index contributed by atoms with van der Waals surface area (Å²) in [5, 5.41) is 23.3. The van der Waals surface area contributed by atoms with E-state index in [0.717, 1.165) is 51.4 Å².